The maximum Gasteiger partial charge on any atom is 0.227 e. The molecule has 2 fully saturated rings. The van der Waals surface area contributed by atoms with Crippen LogP contribution >= 0.6 is 0 Å². The fourth-order valence-corrected chi connectivity index (χ4v) is 3.49. The molecule has 3 aliphatic rings. The average Bonchev–Trinajstić information content (AvgIpc) is 3.35. The molecule has 1 saturated carbocycles. The van der Waals surface area contributed by atoms with Crippen LogP contribution in [0.4, 0.5) is 11.4 Å². The van der Waals surface area contributed by atoms with Gasteiger partial charge in [-0.2, -0.15) is 0 Å². The molecule has 2 heterocycles. The zero-order valence-corrected chi connectivity index (χ0v) is 13.0. The maximum absolute atomic E-state index is 12.2. The van der Waals surface area contributed by atoms with Crippen molar-refractivity contribution in [2.75, 3.05) is 30.0 Å². The summed E-state index contributed by atoms with van der Waals surface area (Å²) in [7, 11) is 0. The Morgan fingerprint density at radius 1 is 1.14 bits per heavy atom. The number of ether oxygens (including phenoxy) is 1. The number of hydrogen-bond acceptors (Lipinski definition) is 3. The van der Waals surface area contributed by atoms with E-state index >= 15 is 0 Å². The topological polar surface area (TPSA) is 41.6 Å². The molecule has 0 unspecified atom stereocenters. The van der Waals surface area contributed by atoms with Crippen molar-refractivity contribution in [2.45, 2.75) is 44.6 Å². The number of amides is 1. The SMILES string of the molecule is O=C1CCc2cc(NC3CCOCC3)ccc2N1CC1CC1. The molecule has 1 aromatic rings. The van der Waals surface area contributed by atoms with E-state index in [9.17, 15) is 4.79 Å². The van der Waals surface area contributed by atoms with Crippen molar-refractivity contribution in [1.82, 2.24) is 0 Å². The molecule has 4 nitrogen and oxygen atoms in total. The van der Waals surface area contributed by atoms with E-state index in [1.54, 1.807) is 0 Å². The van der Waals surface area contributed by atoms with Gasteiger partial charge in [0.2, 0.25) is 5.91 Å². The lowest BCUT2D eigenvalue weighted by Gasteiger charge is -2.31. The molecule has 0 spiro atoms. The first kappa shape index (κ1) is 14.1. The second-order valence-corrected chi connectivity index (χ2v) is 6.82. The Labute approximate surface area is 131 Å². The molecule has 0 bridgehead atoms. The van der Waals surface area contributed by atoms with Crippen molar-refractivity contribution in [3.8, 4) is 0 Å². The van der Waals surface area contributed by atoms with Gasteiger partial charge in [0.05, 0.1) is 0 Å². The van der Waals surface area contributed by atoms with Crippen LogP contribution in [0.3, 0.4) is 0 Å². The van der Waals surface area contributed by atoms with Crippen LogP contribution in [0, 0.1) is 5.92 Å². The molecule has 22 heavy (non-hydrogen) atoms. The molecule has 0 atom stereocenters. The first-order valence-electron chi connectivity index (χ1n) is 8.57. The van der Waals surface area contributed by atoms with Crippen LogP contribution in [0.15, 0.2) is 18.2 Å². The van der Waals surface area contributed by atoms with Crippen LogP contribution in [0.2, 0.25) is 0 Å². The van der Waals surface area contributed by atoms with Crippen molar-refractivity contribution in [3.63, 3.8) is 0 Å². The number of nitrogens with one attached hydrogen (secondary N) is 1. The fourth-order valence-electron chi connectivity index (χ4n) is 3.49. The van der Waals surface area contributed by atoms with Gasteiger partial charge in [0.25, 0.3) is 0 Å². The van der Waals surface area contributed by atoms with Gasteiger partial charge in [0.15, 0.2) is 0 Å². The van der Waals surface area contributed by atoms with Crippen LogP contribution in [0.25, 0.3) is 0 Å². The minimum atomic E-state index is 0.296. The molecule has 0 aromatic heterocycles. The zero-order chi connectivity index (χ0) is 14.9. The van der Waals surface area contributed by atoms with Gasteiger partial charge in [-0.05, 0) is 61.8 Å². The Morgan fingerprint density at radius 3 is 2.73 bits per heavy atom. The fraction of sp³-hybridized carbons (Fsp3) is 0.611. The van der Waals surface area contributed by atoms with Crippen LogP contribution in [0.1, 0.15) is 37.7 Å². The highest BCUT2D eigenvalue weighted by Gasteiger charge is 2.31. The maximum atomic E-state index is 12.2. The number of aryl methyl sites for hydroxylation is 1. The van der Waals surface area contributed by atoms with Crippen molar-refractivity contribution < 1.29 is 9.53 Å². The average molecular weight is 300 g/mol. The second-order valence-electron chi connectivity index (χ2n) is 6.82. The van der Waals surface area contributed by atoms with Crippen molar-refractivity contribution in [2.24, 2.45) is 5.92 Å². The summed E-state index contributed by atoms with van der Waals surface area (Å²) in [4.78, 5) is 14.2. The number of fused-ring (bicyclic) bond motifs is 1. The standard InChI is InChI=1S/C18H24N2O2/c21-18-6-3-14-11-16(19-15-7-9-22-10-8-15)4-5-17(14)20(18)12-13-1-2-13/h4-5,11,13,15,19H,1-3,6-10,12H2. The quantitative estimate of drug-likeness (QED) is 0.929. The van der Waals surface area contributed by atoms with Crippen molar-refractivity contribution in [3.05, 3.63) is 23.8 Å². The molecular formula is C18H24N2O2. The third-order valence-corrected chi connectivity index (χ3v) is 5.01. The van der Waals surface area contributed by atoms with Gasteiger partial charge < -0.3 is 15.0 Å². The second kappa shape index (κ2) is 5.92. The van der Waals surface area contributed by atoms with E-state index < -0.39 is 0 Å². The summed E-state index contributed by atoms with van der Waals surface area (Å²) in [6.45, 7) is 2.62. The summed E-state index contributed by atoms with van der Waals surface area (Å²) in [5.74, 6) is 1.03. The van der Waals surface area contributed by atoms with Gasteiger partial charge in [0.1, 0.15) is 0 Å². The largest absolute Gasteiger partial charge is 0.382 e. The van der Waals surface area contributed by atoms with Gasteiger partial charge in [-0.3, -0.25) is 4.79 Å². The van der Waals surface area contributed by atoms with Crippen LogP contribution in [0.5, 0.6) is 0 Å². The molecule has 0 radical (unpaired) electrons. The number of hydrogen-bond donors (Lipinski definition) is 1. The third-order valence-electron chi connectivity index (χ3n) is 5.01. The number of rotatable bonds is 4. The predicted molar refractivity (Wildman–Crippen MR) is 87.3 cm³/mol. The Morgan fingerprint density at radius 2 is 1.95 bits per heavy atom. The van der Waals surface area contributed by atoms with E-state index in [2.05, 4.69) is 23.5 Å². The number of anilines is 2. The third kappa shape index (κ3) is 2.98. The molecule has 118 valence electrons. The van der Waals surface area contributed by atoms with E-state index in [0.29, 0.717) is 18.4 Å². The first-order chi connectivity index (χ1) is 10.8. The summed E-state index contributed by atoms with van der Waals surface area (Å²) in [5.41, 5.74) is 3.64. The Bertz CT molecular complexity index is 562. The van der Waals surface area contributed by atoms with E-state index in [0.717, 1.165) is 50.6 Å². The molecule has 2 aliphatic heterocycles. The van der Waals surface area contributed by atoms with Gasteiger partial charge in [-0.15, -0.1) is 0 Å². The van der Waals surface area contributed by atoms with Gasteiger partial charge in [-0.1, -0.05) is 0 Å². The van der Waals surface area contributed by atoms with Crippen LogP contribution in [-0.4, -0.2) is 31.7 Å². The highest BCUT2D eigenvalue weighted by molar-refractivity contribution is 5.96. The highest BCUT2D eigenvalue weighted by atomic mass is 16.5. The molecule has 1 saturated heterocycles. The molecule has 4 heteroatoms. The van der Waals surface area contributed by atoms with E-state index in [-0.39, 0.29) is 0 Å². The smallest absolute Gasteiger partial charge is 0.227 e. The lowest BCUT2D eigenvalue weighted by atomic mass is 9.99. The monoisotopic (exact) mass is 300 g/mol. The number of carbonyl (C=O) groups excluding carboxylic acids is 1. The molecule has 1 aromatic carbocycles. The summed E-state index contributed by atoms with van der Waals surface area (Å²) < 4.78 is 5.41. The summed E-state index contributed by atoms with van der Waals surface area (Å²) in [6.07, 6.45) is 6.23. The summed E-state index contributed by atoms with van der Waals surface area (Å²) in [5, 5.41) is 3.63. The minimum absolute atomic E-state index is 0.296. The van der Waals surface area contributed by atoms with E-state index in [1.807, 2.05) is 4.90 Å². The summed E-state index contributed by atoms with van der Waals surface area (Å²) in [6, 6.07) is 7.03. The van der Waals surface area contributed by atoms with Crippen LogP contribution < -0.4 is 10.2 Å². The minimum Gasteiger partial charge on any atom is -0.382 e. The Kier molecular flexibility index (Phi) is 3.78. The Balaban J connectivity index is 1.51. The van der Waals surface area contributed by atoms with Gasteiger partial charge in [0, 0.05) is 43.6 Å². The number of benzene rings is 1. The first-order valence-corrected chi connectivity index (χ1v) is 8.57. The highest BCUT2D eigenvalue weighted by Crippen LogP contribution is 2.36. The molecule has 1 N–H and O–H groups in total. The molecule has 1 amide bonds. The van der Waals surface area contributed by atoms with E-state index in [1.165, 1.54) is 24.1 Å². The molecular weight excluding hydrogens is 276 g/mol. The predicted octanol–water partition coefficient (Wildman–Crippen LogP) is 2.97. The lowest BCUT2D eigenvalue weighted by Crippen LogP contribution is -2.36. The van der Waals surface area contributed by atoms with E-state index in [4.69, 9.17) is 4.74 Å². The molecule has 4 rings (SSSR count). The number of carbonyl (C=O) groups is 1. The normalized spacial score (nSPS) is 22.5. The summed E-state index contributed by atoms with van der Waals surface area (Å²) >= 11 is 0. The van der Waals surface area contributed by atoms with Crippen LogP contribution in [-0.2, 0) is 16.0 Å². The van der Waals surface area contributed by atoms with Gasteiger partial charge >= 0.3 is 0 Å². The molecule has 1 aliphatic carbocycles. The Hall–Kier alpha value is -1.55. The van der Waals surface area contributed by atoms with Crippen molar-refractivity contribution >= 4 is 17.3 Å². The lowest BCUT2D eigenvalue weighted by molar-refractivity contribution is -0.118. The number of nitrogens with zero attached hydrogens (tertiary/aromatic N) is 1. The van der Waals surface area contributed by atoms with Gasteiger partial charge in [-0.25, -0.2) is 0 Å². The van der Waals surface area contributed by atoms with Crippen molar-refractivity contribution in [1.29, 1.82) is 0 Å². The zero-order valence-electron chi connectivity index (χ0n) is 13.0.